The standard InChI is InChI=1S/C15H17N3OS2/c1-3-11-9(2)21-15(17-11)18-14(19)12(13(16)20)10-7-5-4-6-8-10/h4-8,12H,3H2,1-2H3,(H2,16,20)(H,17,18,19). The maximum Gasteiger partial charge on any atom is 0.240 e. The van der Waals surface area contributed by atoms with E-state index in [9.17, 15) is 4.79 Å². The number of nitrogens with two attached hydrogens (primary N) is 1. The number of nitrogens with one attached hydrogen (secondary N) is 1. The van der Waals surface area contributed by atoms with Crippen molar-refractivity contribution in [1.29, 1.82) is 0 Å². The largest absolute Gasteiger partial charge is 0.392 e. The van der Waals surface area contributed by atoms with Crippen LogP contribution < -0.4 is 11.1 Å². The van der Waals surface area contributed by atoms with E-state index in [-0.39, 0.29) is 10.9 Å². The first-order valence-corrected chi connectivity index (χ1v) is 7.86. The van der Waals surface area contributed by atoms with Gasteiger partial charge in [-0.1, -0.05) is 49.5 Å². The number of benzene rings is 1. The zero-order valence-electron chi connectivity index (χ0n) is 11.9. The zero-order chi connectivity index (χ0) is 15.4. The van der Waals surface area contributed by atoms with Crippen molar-refractivity contribution in [3.8, 4) is 0 Å². The molecule has 2 rings (SSSR count). The molecule has 1 atom stereocenters. The van der Waals surface area contributed by atoms with Gasteiger partial charge in [-0.2, -0.15) is 0 Å². The molecule has 0 spiro atoms. The minimum atomic E-state index is -0.643. The normalized spacial score (nSPS) is 11.9. The number of thiocarbonyl (C=S) groups is 1. The van der Waals surface area contributed by atoms with E-state index in [0.717, 1.165) is 22.6 Å². The van der Waals surface area contributed by atoms with Gasteiger partial charge in [-0.15, -0.1) is 11.3 Å². The lowest BCUT2D eigenvalue weighted by atomic mass is 9.98. The number of carbonyl (C=O) groups is 1. The highest BCUT2D eigenvalue weighted by Crippen LogP contribution is 2.24. The summed E-state index contributed by atoms with van der Waals surface area (Å²) in [5, 5.41) is 3.41. The summed E-state index contributed by atoms with van der Waals surface area (Å²) in [7, 11) is 0. The molecule has 0 fully saturated rings. The Kier molecular flexibility index (Phi) is 5.03. The number of aryl methyl sites for hydroxylation is 2. The number of aromatic nitrogens is 1. The maximum absolute atomic E-state index is 12.5. The molecule has 1 aromatic carbocycles. The Morgan fingerprint density at radius 3 is 2.62 bits per heavy atom. The van der Waals surface area contributed by atoms with Crippen molar-refractivity contribution in [3.63, 3.8) is 0 Å². The summed E-state index contributed by atoms with van der Waals surface area (Å²) in [5.41, 5.74) is 7.52. The first-order valence-electron chi connectivity index (χ1n) is 6.64. The Hall–Kier alpha value is -1.79. The highest BCUT2D eigenvalue weighted by Gasteiger charge is 2.24. The summed E-state index contributed by atoms with van der Waals surface area (Å²) in [4.78, 5) is 18.1. The summed E-state index contributed by atoms with van der Waals surface area (Å²) >= 11 is 6.51. The van der Waals surface area contributed by atoms with Crippen LogP contribution in [-0.2, 0) is 11.2 Å². The summed E-state index contributed by atoms with van der Waals surface area (Å²) in [6, 6.07) is 9.28. The molecule has 0 aliphatic carbocycles. The van der Waals surface area contributed by atoms with E-state index in [1.54, 1.807) is 0 Å². The van der Waals surface area contributed by atoms with Crippen LogP contribution in [0, 0.1) is 6.92 Å². The van der Waals surface area contributed by atoms with Crippen LogP contribution in [-0.4, -0.2) is 15.9 Å². The van der Waals surface area contributed by atoms with Crippen molar-refractivity contribution in [2.45, 2.75) is 26.2 Å². The van der Waals surface area contributed by atoms with Gasteiger partial charge in [-0.3, -0.25) is 4.79 Å². The Morgan fingerprint density at radius 2 is 2.10 bits per heavy atom. The number of anilines is 1. The Balaban J connectivity index is 2.21. The maximum atomic E-state index is 12.5. The van der Waals surface area contributed by atoms with Gasteiger partial charge in [0.15, 0.2) is 5.13 Å². The van der Waals surface area contributed by atoms with Gasteiger partial charge in [0.05, 0.1) is 10.7 Å². The molecular weight excluding hydrogens is 302 g/mol. The zero-order valence-corrected chi connectivity index (χ0v) is 13.6. The van der Waals surface area contributed by atoms with Gasteiger partial charge in [-0.25, -0.2) is 4.98 Å². The summed E-state index contributed by atoms with van der Waals surface area (Å²) in [6.45, 7) is 4.03. The first-order chi connectivity index (χ1) is 10.0. The van der Waals surface area contributed by atoms with E-state index in [4.69, 9.17) is 18.0 Å². The fraction of sp³-hybridized carbons (Fsp3) is 0.267. The SMILES string of the molecule is CCc1nc(NC(=O)C(C(N)=S)c2ccccc2)sc1C. The van der Waals surface area contributed by atoms with Crippen LogP contribution in [0.25, 0.3) is 0 Å². The number of carbonyl (C=O) groups excluding carboxylic acids is 1. The number of rotatable bonds is 5. The molecular formula is C15H17N3OS2. The molecule has 4 nitrogen and oxygen atoms in total. The third-order valence-electron chi connectivity index (χ3n) is 3.14. The van der Waals surface area contributed by atoms with Crippen molar-refractivity contribution in [2.24, 2.45) is 5.73 Å². The third-order valence-corrected chi connectivity index (χ3v) is 4.30. The van der Waals surface area contributed by atoms with Crippen LogP contribution in [0.3, 0.4) is 0 Å². The van der Waals surface area contributed by atoms with Gasteiger partial charge in [0.1, 0.15) is 5.92 Å². The minimum absolute atomic E-state index is 0.155. The highest BCUT2D eigenvalue weighted by molar-refractivity contribution is 7.80. The van der Waals surface area contributed by atoms with Crippen LogP contribution in [0.2, 0.25) is 0 Å². The molecule has 110 valence electrons. The van der Waals surface area contributed by atoms with Crippen molar-refractivity contribution in [2.75, 3.05) is 5.32 Å². The molecule has 3 N–H and O–H groups in total. The molecule has 1 amide bonds. The monoisotopic (exact) mass is 319 g/mol. The minimum Gasteiger partial charge on any atom is -0.392 e. The van der Waals surface area contributed by atoms with E-state index in [0.29, 0.717) is 5.13 Å². The summed E-state index contributed by atoms with van der Waals surface area (Å²) < 4.78 is 0. The summed E-state index contributed by atoms with van der Waals surface area (Å²) in [5.74, 6) is -0.888. The highest BCUT2D eigenvalue weighted by atomic mass is 32.1. The lowest BCUT2D eigenvalue weighted by molar-refractivity contribution is -0.116. The van der Waals surface area contributed by atoms with Gasteiger partial charge < -0.3 is 11.1 Å². The van der Waals surface area contributed by atoms with Gasteiger partial charge in [0, 0.05) is 4.88 Å². The van der Waals surface area contributed by atoms with Crippen molar-refractivity contribution in [3.05, 3.63) is 46.5 Å². The molecule has 2 aromatic rings. The molecule has 1 unspecified atom stereocenters. The van der Waals surface area contributed by atoms with Crippen LogP contribution in [0.5, 0.6) is 0 Å². The molecule has 0 radical (unpaired) electrons. The first kappa shape index (κ1) is 15.6. The van der Waals surface area contributed by atoms with Crippen molar-refractivity contribution < 1.29 is 4.79 Å². The second-order valence-electron chi connectivity index (χ2n) is 4.61. The van der Waals surface area contributed by atoms with Gasteiger partial charge in [0.25, 0.3) is 0 Å². The molecule has 1 heterocycles. The van der Waals surface area contributed by atoms with Crippen molar-refractivity contribution in [1.82, 2.24) is 4.98 Å². The summed E-state index contributed by atoms with van der Waals surface area (Å²) in [6.07, 6.45) is 0.843. The van der Waals surface area contributed by atoms with Gasteiger partial charge >= 0.3 is 0 Å². The van der Waals surface area contributed by atoms with E-state index in [1.807, 2.05) is 44.2 Å². The average molecular weight is 319 g/mol. The van der Waals surface area contributed by atoms with Crippen LogP contribution in [0.15, 0.2) is 30.3 Å². The molecule has 1 aromatic heterocycles. The number of thiazole rings is 1. The third kappa shape index (κ3) is 3.65. The lowest BCUT2D eigenvalue weighted by Gasteiger charge is -2.14. The fourth-order valence-corrected chi connectivity index (χ4v) is 3.23. The fourth-order valence-electron chi connectivity index (χ4n) is 2.08. The Morgan fingerprint density at radius 1 is 1.43 bits per heavy atom. The average Bonchev–Trinajstić information content (AvgIpc) is 2.79. The van der Waals surface area contributed by atoms with Gasteiger partial charge in [-0.05, 0) is 18.9 Å². The van der Waals surface area contributed by atoms with E-state index in [2.05, 4.69) is 10.3 Å². The molecule has 6 heteroatoms. The quantitative estimate of drug-likeness (QED) is 0.831. The molecule has 0 bridgehead atoms. The van der Waals surface area contributed by atoms with Crippen LogP contribution >= 0.6 is 23.6 Å². The second kappa shape index (κ2) is 6.78. The van der Waals surface area contributed by atoms with E-state index >= 15 is 0 Å². The second-order valence-corrected chi connectivity index (χ2v) is 6.29. The Bertz CT molecular complexity index is 652. The number of nitrogens with zero attached hydrogens (tertiary/aromatic N) is 1. The van der Waals surface area contributed by atoms with Gasteiger partial charge in [0.2, 0.25) is 5.91 Å². The predicted molar refractivity (Wildman–Crippen MR) is 90.8 cm³/mol. The smallest absolute Gasteiger partial charge is 0.240 e. The number of hydrogen-bond donors (Lipinski definition) is 2. The van der Waals surface area contributed by atoms with E-state index < -0.39 is 5.92 Å². The molecule has 21 heavy (non-hydrogen) atoms. The number of amides is 1. The Labute approximate surface area is 133 Å². The molecule has 0 aliphatic rings. The molecule has 0 aliphatic heterocycles. The number of hydrogen-bond acceptors (Lipinski definition) is 4. The van der Waals surface area contributed by atoms with Crippen molar-refractivity contribution >= 4 is 39.6 Å². The molecule has 0 saturated carbocycles. The van der Waals surface area contributed by atoms with Crippen LogP contribution in [0.4, 0.5) is 5.13 Å². The lowest BCUT2D eigenvalue weighted by Crippen LogP contribution is -2.31. The predicted octanol–water partition coefficient (Wildman–Crippen LogP) is 3.02. The molecule has 0 saturated heterocycles. The van der Waals surface area contributed by atoms with E-state index in [1.165, 1.54) is 11.3 Å². The topological polar surface area (TPSA) is 68.0 Å². The van der Waals surface area contributed by atoms with Crippen LogP contribution in [0.1, 0.15) is 29.0 Å².